The molecule has 4 heterocycles. The number of aromatic nitrogens is 2. The number of aliphatic hydroxyl groups is 1. The van der Waals surface area contributed by atoms with Crippen molar-refractivity contribution in [3.05, 3.63) is 91.5 Å². The van der Waals surface area contributed by atoms with E-state index in [-0.39, 0.29) is 56.7 Å². The normalized spacial score (nSPS) is 17.9. The summed E-state index contributed by atoms with van der Waals surface area (Å²) in [4.78, 5) is 93.9. The summed E-state index contributed by atoms with van der Waals surface area (Å²) in [6.07, 6.45) is -1.05. The fraction of sp³-hybridized carbons (Fsp3) is 0.409. The van der Waals surface area contributed by atoms with Crippen molar-refractivity contribution in [2.24, 2.45) is 11.7 Å². The first kappa shape index (κ1) is 44.9. The zero-order valence-corrected chi connectivity index (χ0v) is 35.6. The SMILES string of the molecule is CC[C@@]1(O)C(=O)OCc2c1cc1n(c2=O)Cc2c-1nc1cc(F)c(C)c3c1c2[C@@H](NC(=O)OCc1ccc(NC(=O)[C@H](CCCNC(N)=O)NC(=O)[C@@H](NC(=O)O)C(C)C)cc1)CC3. The molecule has 2 aromatic carbocycles. The van der Waals surface area contributed by atoms with E-state index in [0.29, 0.717) is 63.1 Å². The zero-order valence-electron chi connectivity index (χ0n) is 35.6. The molecule has 338 valence electrons. The molecule has 3 aliphatic rings. The minimum atomic E-state index is -2.04. The maximum Gasteiger partial charge on any atom is 0.407 e. The molecule has 2 aliphatic heterocycles. The largest absolute Gasteiger partial charge is 0.465 e. The van der Waals surface area contributed by atoms with E-state index in [1.807, 2.05) is 0 Å². The molecule has 64 heavy (non-hydrogen) atoms. The number of ether oxygens (including phenoxy) is 2. The predicted octanol–water partition coefficient (Wildman–Crippen LogP) is 3.60. The standard InChI is InChI=1S/C44H49FN8O11/c1-5-44(62)27-15-32-36-25(17-53(32)39(56)26(27)19-63-40(44)57)34-29(13-12-24-21(4)28(45)16-31(49-36)33(24)34)51-43(61)64-18-22-8-10-23(11-9-22)48-37(54)30(7-6-14-47-41(46)58)50-38(55)35(20(2)3)52-42(59)60/h8-11,15-16,20,29-30,35,52,62H,5-7,12-14,17-19H2,1-4H3,(H,48,54)(H,50,55)(H,51,61)(H,59,60)(H3,46,47,58)/t29-,30-,35-,44-/m0/s1. The second kappa shape index (κ2) is 17.9. The molecule has 7 rings (SSSR count). The number of urea groups is 1. The van der Waals surface area contributed by atoms with E-state index in [9.17, 15) is 43.8 Å². The van der Waals surface area contributed by atoms with Crippen LogP contribution in [0.3, 0.4) is 0 Å². The van der Waals surface area contributed by atoms with E-state index in [4.69, 9.17) is 20.2 Å². The molecule has 1 aliphatic carbocycles. The molecule has 0 saturated heterocycles. The first-order chi connectivity index (χ1) is 30.4. The Bertz CT molecular complexity index is 2650. The van der Waals surface area contributed by atoms with Gasteiger partial charge in [-0.05, 0) is 85.4 Å². The number of carboxylic acid groups (broad SMARTS) is 1. The Hall–Kier alpha value is -7.09. The quantitative estimate of drug-likeness (QED) is 0.0587. The van der Waals surface area contributed by atoms with Crippen LogP contribution in [0.1, 0.15) is 91.4 Å². The Morgan fingerprint density at radius 3 is 2.47 bits per heavy atom. The summed E-state index contributed by atoms with van der Waals surface area (Å²) < 4.78 is 27.7. The van der Waals surface area contributed by atoms with Gasteiger partial charge in [0.1, 0.15) is 31.1 Å². The van der Waals surface area contributed by atoms with E-state index in [2.05, 4.69) is 26.6 Å². The van der Waals surface area contributed by atoms with Gasteiger partial charge in [0.05, 0.1) is 35.1 Å². The molecule has 0 saturated carbocycles. The van der Waals surface area contributed by atoms with Gasteiger partial charge in [0.15, 0.2) is 5.60 Å². The summed E-state index contributed by atoms with van der Waals surface area (Å²) in [5.41, 5.74) is 7.38. The third kappa shape index (κ3) is 8.64. The molecule has 2 aromatic heterocycles. The van der Waals surface area contributed by atoms with Crippen molar-refractivity contribution < 1.29 is 52.8 Å². The molecule has 0 bridgehead atoms. The van der Waals surface area contributed by atoms with Gasteiger partial charge >= 0.3 is 24.2 Å². The summed E-state index contributed by atoms with van der Waals surface area (Å²) in [7, 11) is 0. The number of hydrogen-bond donors (Lipinski definition) is 8. The minimum absolute atomic E-state index is 0.0366. The molecule has 20 heteroatoms. The number of esters is 1. The highest BCUT2D eigenvalue weighted by molar-refractivity contribution is 5.98. The van der Waals surface area contributed by atoms with Gasteiger partial charge in [-0.25, -0.2) is 28.6 Å². The van der Waals surface area contributed by atoms with Gasteiger partial charge in [-0.1, -0.05) is 32.9 Å². The Balaban J connectivity index is 1.07. The number of rotatable bonds is 14. The van der Waals surface area contributed by atoms with Gasteiger partial charge in [0.2, 0.25) is 11.8 Å². The van der Waals surface area contributed by atoms with Crippen LogP contribution in [-0.4, -0.2) is 74.4 Å². The number of anilines is 1. The van der Waals surface area contributed by atoms with E-state index < -0.39 is 77.0 Å². The van der Waals surface area contributed by atoms with Gasteiger partial charge in [-0.2, -0.15) is 0 Å². The first-order valence-electron chi connectivity index (χ1n) is 20.9. The number of carbonyl (C=O) groups is 6. The minimum Gasteiger partial charge on any atom is -0.465 e. The van der Waals surface area contributed by atoms with Gasteiger partial charge in [0, 0.05) is 34.8 Å². The van der Waals surface area contributed by atoms with Crippen molar-refractivity contribution in [3.63, 3.8) is 0 Å². The molecular formula is C44H49FN8O11. The number of fused-ring (bicyclic) bond motifs is 5. The summed E-state index contributed by atoms with van der Waals surface area (Å²) >= 11 is 0. The number of nitrogens with one attached hydrogen (secondary N) is 5. The fourth-order valence-corrected chi connectivity index (χ4v) is 8.66. The number of primary amides is 1. The molecule has 6 amide bonds. The number of amides is 6. The van der Waals surface area contributed by atoms with Crippen molar-refractivity contribution in [2.45, 2.75) is 103 Å². The molecule has 0 radical (unpaired) electrons. The second-order valence-electron chi connectivity index (χ2n) is 16.5. The number of benzene rings is 2. The first-order valence-corrected chi connectivity index (χ1v) is 20.9. The molecular weight excluding hydrogens is 836 g/mol. The van der Waals surface area contributed by atoms with Crippen LogP contribution in [0.5, 0.6) is 0 Å². The lowest BCUT2D eigenvalue weighted by molar-refractivity contribution is -0.172. The third-order valence-corrected chi connectivity index (χ3v) is 12.1. The van der Waals surface area contributed by atoms with Crippen LogP contribution in [0.4, 0.5) is 24.5 Å². The number of nitrogens with zero attached hydrogens (tertiary/aromatic N) is 2. The van der Waals surface area contributed by atoms with Gasteiger partial charge < -0.3 is 56.6 Å². The predicted molar refractivity (Wildman–Crippen MR) is 227 cm³/mol. The molecule has 19 nitrogen and oxygen atoms in total. The van der Waals surface area contributed by atoms with Crippen LogP contribution in [-0.2, 0) is 55.6 Å². The maximum absolute atomic E-state index is 15.3. The van der Waals surface area contributed by atoms with Crippen LogP contribution in [0, 0.1) is 18.7 Å². The number of halogens is 1. The summed E-state index contributed by atoms with van der Waals surface area (Å²) in [6.45, 7) is 6.32. The fourth-order valence-electron chi connectivity index (χ4n) is 8.66. The van der Waals surface area contributed by atoms with Crippen molar-refractivity contribution in [3.8, 4) is 11.4 Å². The van der Waals surface area contributed by atoms with Crippen LogP contribution in [0.2, 0.25) is 0 Å². The van der Waals surface area contributed by atoms with Gasteiger partial charge in [0.25, 0.3) is 5.56 Å². The average molecular weight is 885 g/mol. The van der Waals surface area contributed by atoms with Crippen LogP contribution >= 0.6 is 0 Å². The van der Waals surface area contributed by atoms with Gasteiger partial charge in [-0.3, -0.25) is 14.4 Å². The van der Waals surface area contributed by atoms with Crippen molar-refractivity contribution >= 4 is 52.6 Å². The topological polar surface area (TPSA) is 282 Å². The van der Waals surface area contributed by atoms with E-state index in [1.165, 1.54) is 10.6 Å². The molecule has 0 spiro atoms. The molecule has 0 unspecified atom stereocenters. The third-order valence-electron chi connectivity index (χ3n) is 12.1. The van der Waals surface area contributed by atoms with E-state index in [1.54, 1.807) is 58.0 Å². The van der Waals surface area contributed by atoms with E-state index in [0.717, 1.165) is 5.56 Å². The summed E-state index contributed by atoms with van der Waals surface area (Å²) in [6, 6.07) is 5.67. The number of cyclic esters (lactones) is 1. The lowest BCUT2D eigenvalue weighted by atomic mass is 9.81. The van der Waals surface area contributed by atoms with Crippen LogP contribution < -0.4 is 37.9 Å². The molecule has 4 atom stereocenters. The number of hydrogen-bond acceptors (Lipinski definition) is 11. The lowest BCUT2D eigenvalue weighted by Crippen LogP contribution is -2.54. The highest BCUT2D eigenvalue weighted by Crippen LogP contribution is 2.46. The molecule has 0 fully saturated rings. The van der Waals surface area contributed by atoms with Crippen LogP contribution in [0.25, 0.3) is 22.3 Å². The number of alkyl carbamates (subject to hydrolysis) is 1. The van der Waals surface area contributed by atoms with Crippen molar-refractivity contribution in [1.29, 1.82) is 0 Å². The monoisotopic (exact) mass is 884 g/mol. The summed E-state index contributed by atoms with van der Waals surface area (Å²) in [5.74, 6) is -3.04. The lowest BCUT2D eigenvalue weighted by Gasteiger charge is -2.31. The van der Waals surface area contributed by atoms with Crippen molar-refractivity contribution in [2.75, 3.05) is 11.9 Å². The number of aryl methyl sites for hydroxylation is 1. The zero-order chi connectivity index (χ0) is 46.2. The highest BCUT2D eigenvalue weighted by atomic mass is 19.1. The highest BCUT2D eigenvalue weighted by Gasteiger charge is 2.46. The number of nitrogens with two attached hydrogens (primary N) is 1. The van der Waals surface area contributed by atoms with Crippen molar-refractivity contribution in [1.82, 2.24) is 30.8 Å². The van der Waals surface area contributed by atoms with E-state index >= 15 is 4.39 Å². The van der Waals surface area contributed by atoms with Crippen LogP contribution in [0.15, 0.2) is 41.2 Å². The Kier molecular flexibility index (Phi) is 12.6. The maximum atomic E-state index is 15.3. The smallest absolute Gasteiger partial charge is 0.407 e. The molecule has 4 aromatic rings. The Morgan fingerprint density at radius 2 is 1.80 bits per heavy atom. The molecule has 9 N–H and O–H groups in total. The van der Waals surface area contributed by atoms with Gasteiger partial charge in [-0.15, -0.1) is 0 Å². The Morgan fingerprint density at radius 1 is 1.06 bits per heavy atom. The average Bonchev–Trinajstić information content (AvgIpc) is 3.62. The summed E-state index contributed by atoms with van der Waals surface area (Å²) in [5, 5.41) is 34.1. The Labute approximate surface area is 365 Å². The number of pyridine rings is 2. The second-order valence-corrected chi connectivity index (χ2v) is 16.5. The number of carbonyl (C=O) groups excluding carboxylic acids is 5.